The van der Waals surface area contributed by atoms with Crippen LogP contribution in [-0.2, 0) is 0 Å². The molecule has 1 atom stereocenters. The minimum Gasteiger partial charge on any atom is -0.388 e. The van der Waals surface area contributed by atoms with E-state index >= 15 is 0 Å². The highest BCUT2D eigenvalue weighted by Crippen LogP contribution is 2.27. The van der Waals surface area contributed by atoms with Crippen LogP contribution in [0.2, 0.25) is 0 Å². The van der Waals surface area contributed by atoms with Crippen LogP contribution < -0.4 is 4.90 Å². The molecule has 0 amide bonds. The highest BCUT2D eigenvalue weighted by molar-refractivity contribution is 5.54. The molecule has 0 aliphatic rings. The number of para-hydroxylation sites is 1. The summed E-state index contributed by atoms with van der Waals surface area (Å²) >= 11 is 0. The number of hydrogen-bond donors (Lipinski definition) is 1. The fourth-order valence-corrected chi connectivity index (χ4v) is 2.06. The SMILES string of the molecule is CCCCCN(C)c1ccccc1[C@@H](O)CC. The number of hydrogen-bond acceptors (Lipinski definition) is 2. The minimum absolute atomic E-state index is 0.347. The zero-order valence-corrected chi connectivity index (χ0v) is 11.3. The molecule has 17 heavy (non-hydrogen) atoms. The maximum absolute atomic E-state index is 10.0. The Bertz CT molecular complexity index is 324. The Hall–Kier alpha value is -1.02. The molecule has 0 bridgehead atoms. The van der Waals surface area contributed by atoms with E-state index in [2.05, 4.69) is 24.9 Å². The van der Waals surface area contributed by atoms with E-state index < -0.39 is 0 Å². The Morgan fingerprint density at radius 2 is 1.88 bits per heavy atom. The zero-order valence-electron chi connectivity index (χ0n) is 11.3. The quantitative estimate of drug-likeness (QED) is 0.727. The molecular formula is C15H25NO. The normalized spacial score (nSPS) is 12.5. The molecule has 0 aromatic heterocycles. The van der Waals surface area contributed by atoms with Crippen molar-refractivity contribution in [1.82, 2.24) is 0 Å². The molecule has 0 aliphatic heterocycles. The van der Waals surface area contributed by atoms with Crippen LogP contribution in [0.25, 0.3) is 0 Å². The van der Waals surface area contributed by atoms with E-state index in [1.54, 1.807) is 0 Å². The summed E-state index contributed by atoms with van der Waals surface area (Å²) in [6.45, 7) is 5.29. The van der Waals surface area contributed by atoms with E-state index in [0.717, 1.165) is 24.2 Å². The number of unbranched alkanes of at least 4 members (excludes halogenated alkanes) is 2. The monoisotopic (exact) mass is 235 g/mol. The Morgan fingerprint density at radius 3 is 2.53 bits per heavy atom. The molecule has 1 aromatic rings. The van der Waals surface area contributed by atoms with Gasteiger partial charge in [-0.3, -0.25) is 0 Å². The van der Waals surface area contributed by atoms with Crippen molar-refractivity contribution < 1.29 is 5.11 Å². The summed E-state index contributed by atoms with van der Waals surface area (Å²) in [6.07, 6.45) is 4.14. The van der Waals surface area contributed by atoms with Gasteiger partial charge in [-0.1, -0.05) is 44.9 Å². The molecule has 0 fully saturated rings. The molecular weight excluding hydrogens is 210 g/mol. The molecule has 0 unspecified atom stereocenters. The van der Waals surface area contributed by atoms with E-state index in [4.69, 9.17) is 0 Å². The number of aliphatic hydroxyl groups is 1. The minimum atomic E-state index is -0.347. The second-order valence-electron chi connectivity index (χ2n) is 4.61. The summed E-state index contributed by atoms with van der Waals surface area (Å²) in [5.74, 6) is 0. The summed E-state index contributed by atoms with van der Waals surface area (Å²) in [5.41, 5.74) is 2.21. The first-order valence-electron chi connectivity index (χ1n) is 6.68. The van der Waals surface area contributed by atoms with E-state index in [1.165, 1.54) is 19.3 Å². The lowest BCUT2D eigenvalue weighted by atomic mass is 10.0. The van der Waals surface area contributed by atoms with Crippen LogP contribution >= 0.6 is 0 Å². The van der Waals surface area contributed by atoms with Gasteiger partial charge in [-0.05, 0) is 18.9 Å². The third kappa shape index (κ3) is 4.04. The molecule has 0 aliphatic carbocycles. The van der Waals surface area contributed by atoms with Crippen molar-refractivity contribution in [2.75, 3.05) is 18.5 Å². The third-order valence-corrected chi connectivity index (χ3v) is 3.19. The van der Waals surface area contributed by atoms with Gasteiger partial charge in [0.2, 0.25) is 0 Å². The Balaban J connectivity index is 2.74. The van der Waals surface area contributed by atoms with Gasteiger partial charge in [-0.15, -0.1) is 0 Å². The summed E-state index contributed by atoms with van der Waals surface area (Å²) in [5, 5.41) is 10.0. The Morgan fingerprint density at radius 1 is 1.18 bits per heavy atom. The summed E-state index contributed by atoms with van der Waals surface area (Å²) in [4.78, 5) is 2.25. The molecule has 2 nitrogen and oxygen atoms in total. The van der Waals surface area contributed by atoms with Crippen LogP contribution in [0.15, 0.2) is 24.3 Å². The van der Waals surface area contributed by atoms with Gasteiger partial charge in [0.1, 0.15) is 0 Å². The molecule has 1 rings (SSSR count). The number of nitrogens with zero attached hydrogens (tertiary/aromatic N) is 1. The lowest BCUT2D eigenvalue weighted by Gasteiger charge is -2.24. The molecule has 1 N–H and O–H groups in total. The molecule has 0 heterocycles. The van der Waals surface area contributed by atoms with Gasteiger partial charge in [-0.25, -0.2) is 0 Å². The Labute approximate surface area is 105 Å². The second-order valence-corrected chi connectivity index (χ2v) is 4.61. The standard InChI is InChI=1S/C15H25NO/c1-4-6-9-12-16(3)14-11-8-7-10-13(14)15(17)5-2/h7-8,10-11,15,17H,4-6,9,12H2,1-3H3/t15-/m0/s1. The van der Waals surface area contributed by atoms with Gasteiger partial charge in [0.15, 0.2) is 0 Å². The molecule has 2 heteroatoms. The number of rotatable bonds is 7. The van der Waals surface area contributed by atoms with Gasteiger partial charge >= 0.3 is 0 Å². The van der Waals surface area contributed by atoms with Crippen LogP contribution in [0, 0.1) is 0 Å². The highest BCUT2D eigenvalue weighted by Gasteiger charge is 2.12. The van der Waals surface area contributed by atoms with E-state index in [9.17, 15) is 5.11 Å². The maximum Gasteiger partial charge on any atom is 0.0807 e. The van der Waals surface area contributed by atoms with Gasteiger partial charge in [-0.2, -0.15) is 0 Å². The van der Waals surface area contributed by atoms with Crippen molar-refractivity contribution in [2.45, 2.75) is 45.6 Å². The van der Waals surface area contributed by atoms with Crippen molar-refractivity contribution in [1.29, 1.82) is 0 Å². The average Bonchev–Trinajstić information content (AvgIpc) is 2.38. The topological polar surface area (TPSA) is 23.5 Å². The van der Waals surface area contributed by atoms with Crippen molar-refractivity contribution in [3.8, 4) is 0 Å². The van der Waals surface area contributed by atoms with Crippen LogP contribution in [0.1, 0.15) is 51.2 Å². The smallest absolute Gasteiger partial charge is 0.0807 e. The van der Waals surface area contributed by atoms with Gasteiger partial charge in [0.05, 0.1) is 6.10 Å². The van der Waals surface area contributed by atoms with Crippen molar-refractivity contribution >= 4 is 5.69 Å². The summed E-state index contributed by atoms with van der Waals surface area (Å²) in [7, 11) is 2.11. The lowest BCUT2D eigenvalue weighted by Crippen LogP contribution is -2.20. The predicted molar refractivity (Wildman–Crippen MR) is 74.5 cm³/mol. The molecule has 0 saturated heterocycles. The first-order valence-corrected chi connectivity index (χ1v) is 6.68. The molecule has 0 saturated carbocycles. The predicted octanol–water partition coefficient (Wildman–Crippen LogP) is 3.76. The van der Waals surface area contributed by atoms with E-state index in [1.807, 2.05) is 25.1 Å². The first-order chi connectivity index (χ1) is 8.20. The van der Waals surface area contributed by atoms with Crippen LogP contribution in [0.3, 0.4) is 0 Å². The van der Waals surface area contributed by atoms with E-state index in [0.29, 0.717) is 0 Å². The second kappa shape index (κ2) is 7.33. The number of aliphatic hydroxyl groups excluding tert-OH is 1. The van der Waals surface area contributed by atoms with E-state index in [-0.39, 0.29) is 6.10 Å². The summed E-state index contributed by atoms with van der Waals surface area (Å²) in [6, 6.07) is 8.16. The van der Waals surface area contributed by atoms with Crippen molar-refractivity contribution in [3.05, 3.63) is 29.8 Å². The summed E-state index contributed by atoms with van der Waals surface area (Å²) < 4.78 is 0. The fraction of sp³-hybridized carbons (Fsp3) is 0.600. The number of anilines is 1. The van der Waals surface area contributed by atoms with Crippen LogP contribution in [0.4, 0.5) is 5.69 Å². The van der Waals surface area contributed by atoms with Gasteiger partial charge < -0.3 is 10.0 Å². The van der Waals surface area contributed by atoms with Gasteiger partial charge in [0.25, 0.3) is 0 Å². The van der Waals surface area contributed by atoms with Gasteiger partial charge in [0, 0.05) is 24.8 Å². The zero-order chi connectivity index (χ0) is 12.7. The first kappa shape index (κ1) is 14.0. The largest absolute Gasteiger partial charge is 0.388 e. The van der Waals surface area contributed by atoms with Crippen molar-refractivity contribution in [2.24, 2.45) is 0 Å². The molecule has 0 spiro atoms. The maximum atomic E-state index is 10.0. The van der Waals surface area contributed by atoms with Crippen LogP contribution in [0.5, 0.6) is 0 Å². The molecule has 96 valence electrons. The fourth-order valence-electron chi connectivity index (χ4n) is 2.06. The molecule has 1 aromatic carbocycles. The Kier molecular flexibility index (Phi) is 6.06. The lowest BCUT2D eigenvalue weighted by molar-refractivity contribution is 0.174. The van der Waals surface area contributed by atoms with Crippen LogP contribution in [-0.4, -0.2) is 18.7 Å². The van der Waals surface area contributed by atoms with Crippen molar-refractivity contribution in [3.63, 3.8) is 0 Å². The highest BCUT2D eigenvalue weighted by atomic mass is 16.3. The third-order valence-electron chi connectivity index (χ3n) is 3.19. The molecule has 0 radical (unpaired) electrons. The average molecular weight is 235 g/mol. The number of benzene rings is 1.